The van der Waals surface area contributed by atoms with Crippen LogP contribution in [0.3, 0.4) is 0 Å². The number of fused-ring (bicyclic) bond motifs is 1. The number of hydrogen-bond donors (Lipinski definition) is 1. The number of anilines is 1. The fraction of sp³-hybridized carbons (Fsp3) is 0.727. The van der Waals surface area contributed by atoms with Crippen molar-refractivity contribution in [3.63, 3.8) is 0 Å². The highest BCUT2D eigenvalue weighted by atomic mass is 16.6. The minimum absolute atomic E-state index is 0.157. The Kier molecular flexibility index (Phi) is 2.51. The van der Waals surface area contributed by atoms with E-state index in [9.17, 15) is 10.1 Å². The average molecular weight is 251 g/mol. The van der Waals surface area contributed by atoms with Gasteiger partial charge in [0, 0.05) is 32.7 Å². The molecule has 98 valence electrons. The molecule has 2 aliphatic rings. The van der Waals surface area contributed by atoms with E-state index in [0.29, 0.717) is 23.5 Å². The molecule has 3 rings (SSSR count). The van der Waals surface area contributed by atoms with E-state index in [4.69, 9.17) is 0 Å². The normalized spacial score (nSPS) is 26.7. The second kappa shape index (κ2) is 3.94. The zero-order valence-corrected chi connectivity index (χ0v) is 10.6. The van der Waals surface area contributed by atoms with Gasteiger partial charge in [-0.25, -0.2) is 4.68 Å². The minimum Gasteiger partial charge on any atom is -0.346 e. The second-order valence-electron chi connectivity index (χ2n) is 5.11. The summed E-state index contributed by atoms with van der Waals surface area (Å²) < 4.78 is 1.65. The van der Waals surface area contributed by atoms with Crippen LogP contribution in [0.5, 0.6) is 0 Å². The van der Waals surface area contributed by atoms with Crippen molar-refractivity contribution >= 4 is 11.5 Å². The van der Waals surface area contributed by atoms with Crippen molar-refractivity contribution in [2.45, 2.75) is 19.4 Å². The lowest BCUT2D eigenvalue weighted by atomic mass is 10.1. The molecule has 0 aromatic carbocycles. The van der Waals surface area contributed by atoms with Crippen LogP contribution >= 0.6 is 0 Å². The van der Waals surface area contributed by atoms with Crippen LogP contribution in [-0.2, 0) is 7.05 Å². The van der Waals surface area contributed by atoms with Crippen molar-refractivity contribution in [3.05, 3.63) is 15.8 Å². The molecular weight excluding hydrogens is 234 g/mol. The lowest BCUT2D eigenvalue weighted by molar-refractivity contribution is -0.384. The maximum atomic E-state index is 11.2. The van der Waals surface area contributed by atoms with Crippen LogP contribution in [0, 0.1) is 23.0 Å². The Balaban J connectivity index is 2.04. The molecule has 2 atom stereocenters. The SMILES string of the molecule is Cc1nn(C)c(N2CC[C@@H]3CNC[C@@H]32)c1[N+](=O)[O-]. The van der Waals surface area contributed by atoms with E-state index >= 15 is 0 Å². The van der Waals surface area contributed by atoms with E-state index in [-0.39, 0.29) is 10.6 Å². The Hall–Kier alpha value is -1.63. The number of aryl methyl sites for hydroxylation is 2. The van der Waals surface area contributed by atoms with Gasteiger partial charge in [-0.15, -0.1) is 0 Å². The van der Waals surface area contributed by atoms with E-state index in [1.54, 1.807) is 18.7 Å². The van der Waals surface area contributed by atoms with E-state index in [0.717, 1.165) is 26.1 Å². The van der Waals surface area contributed by atoms with Crippen molar-refractivity contribution in [1.29, 1.82) is 0 Å². The van der Waals surface area contributed by atoms with Gasteiger partial charge in [-0.1, -0.05) is 0 Å². The van der Waals surface area contributed by atoms with Gasteiger partial charge in [0.25, 0.3) is 0 Å². The quantitative estimate of drug-likeness (QED) is 0.609. The average Bonchev–Trinajstić information content (AvgIpc) is 2.91. The van der Waals surface area contributed by atoms with Gasteiger partial charge in [0.15, 0.2) is 0 Å². The van der Waals surface area contributed by atoms with Gasteiger partial charge in [-0.3, -0.25) is 10.1 Å². The van der Waals surface area contributed by atoms with Crippen LogP contribution in [0.25, 0.3) is 0 Å². The highest BCUT2D eigenvalue weighted by Crippen LogP contribution is 2.38. The van der Waals surface area contributed by atoms with Crippen molar-refractivity contribution in [2.24, 2.45) is 13.0 Å². The van der Waals surface area contributed by atoms with E-state index in [1.165, 1.54) is 0 Å². The van der Waals surface area contributed by atoms with Crippen LogP contribution < -0.4 is 10.2 Å². The lowest BCUT2D eigenvalue weighted by Crippen LogP contribution is -2.35. The van der Waals surface area contributed by atoms with Gasteiger partial charge in [-0.2, -0.15) is 5.10 Å². The molecule has 0 saturated carbocycles. The lowest BCUT2D eigenvalue weighted by Gasteiger charge is -2.24. The summed E-state index contributed by atoms with van der Waals surface area (Å²) in [5.74, 6) is 1.27. The molecule has 0 bridgehead atoms. The topological polar surface area (TPSA) is 76.2 Å². The maximum Gasteiger partial charge on any atom is 0.333 e. The molecule has 1 N–H and O–H groups in total. The second-order valence-corrected chi connectivity index (χ2v) is 5.11. The van der Waals surface area contributed by atoms with Crippen LogP contribution in [0.15, 0.2) is 0 Å². The third-order valence-corrected chi connectivity index (χ3v) is 4.06. The Bertz CT molecular complexity index is 498. The molecule has 2 saturated heterocycles. The zero-order chi connectivity index (χ0) is 12.9. The third kappa shape index (κ3) is 1.50. The molecule has 2 aliphatic heterocycles. The minimum atomic E-state index is -0.312. The molecule has 18 heavy (non-hydrogen) atoms. The van der Waals surface area contributed by atoms with Gasteiger partial charge >= 0.3 is 5.69 Å². The van der Waals surface area contributed by atoms with Gasteiger partial charge in [0.2, 0.25) is 5.82 Å². The number of nitrogens with one attached hydrogen (secondary N) is 1. The number of nitro groups is 1. The highest BCUT2D eigenvalue weighted by molar-refractivity contribution is 5.62. The van der Waals surface area contributed by atoms with Gasteiger partial charge < -0.3 is 10.2 Å². The van der Waals surface area contributed by atoms with Crippen LogP contribution in [0.4, 0.5) is 11.5 Å². The third-order valence-electron chi connectivity index (χ3n) is 4.06. The predicted molar refractivity (Wildman–Crippen MR) is 66.7 cm³/mol. The monoisotopic (exact) mass is 251 g/mol. The first kappa shape index (κ1) is 11.5. The molecule has 1 aromatic heterocycles. The Labute approximate surface area is 105 Å². The summed E-state index contributed by atoms with van der Waals surface area (Å²) in [4.78, 5) is 13.1. The molecule has 0 unspecified atom stereocenters. The first-order valence-electron chi connectivity index (χ1n) is 6.25. The first-order valence-corrected chi connectivity index (χ1v) is 6.25. The fourth-order valence-corrected chi connectivity index (χ4v) is 3.28. The van der Waals surface area contributed by atoms with E-state index < -0.39 is 0 Å². The molecule has 0 spiro atoms. The smallest absolute Gasteiger partial charge is 0.333 e. The van der Waals surface area contributed by atoms with Crippen molar-refractivity contribution in [2.75, 3.05) is 24.5 Å². The number of hydrogen-bond acceptors (Lipinski definition) is 5. The van der Waals surface area contributed by atoms with E-state index in [2.05, 4.69) is 15.3 Å². The largest absolute Gasteiger partial charge is 0.346 e. The first-order chi connectivity index (χ1) is 8.59. The number of rotatable bonds is 2. The molecular formula is C11H17N5O2. The fourth-order valence-electron chi connectivity index (χ4n) is 3.28. The van der Waals surface area contributed by atoms with Crippen molar-refractivity contribution < 1.29 is 4.92 Å². The van der Waals surface area contributed by atoms with Crippen molar-refractivity contribution in [3.8, 4) is 0 Å². The van der Waals surface area contributed by atoms with Crippen LogP contribution in [0.1, 0.15) is 12.1 Å². The number of aromatic nitrogens is 2. The summed E-state index contributed by atoms with van der Waals surface area (Å²) in [7, 11) is 1.78. The molecule has 3 heterocycles. The predicted octanol–water partition coefficient (Wildman–Crippen LogP) is 0.435. The maximum absolute atomic E-state index is 11.2. The Morgan fingerprint density at radius 3 is 3.00 bits per heavy atom. The molecule has 0 radical (unpaired) electrons. The summed E-state index contributed by atoms with van der Waals surface area (Å²) in [6.07, 6.45) is 1.10. The standard InChI is InChI=1S/C11H17N5O2/c1-7-10(16(17)18)11(14(2)13-7)15-4-3-8-5-12-6-9(8)15/h8-9,12H,3-6H2,1-2H3/t8-,9+/m1/s1. The van der Waals surface area contributed by atoms with Crippen molar-refractivity contribution in [1.82, 2.24) is 15.1 Å². The molecule has 7 nitrogen and oxygen atoms in total. The highest BCUT2D eigenvalue weighted by Gasteiger charge is 2.42. The molecule has 2 fully saturated rings. The summed E-state index contributed by atoms with van der Waals surface area (Å²) in [5, 5.41) is 18.8. The molecule has 1 aromatic rings. The Morgan fingerprint density at radius 1 is 1.50 bits per heavy atom. The summed E-state index contributed by atoms with van der Waals surface area (Å²) >= 11 is 0. The zero-order valence-electron chi connectivity index (χ0n) is 10.6. The van der Waals surface area contributed by atoms with Gasteiger partial charge in [0.1, 0.15) is 5.69 Å². The van der Waals surface area contributed by atoms with E-state index in [1.807, 2.05) is 0 Å². The Morgan fingerprint density at radius 2 is 2.28 bits per heavy atom. The van der Waals surface area contributed by atoms with Gasteiger partial charge in [0.05, 0.1) is 4.92 Å². The van der Waals surface area contributed by atoms with Gasteiger partial charge in [-0.05, 0) is 19.3 Å². The van der Waals surface area contributed by atoms with Crippen LogP contribution in [0.2, 0.25) is 0 Å². The number of nitrogens with zero attached hydrogens (tertiary/aromatic N) is 4. The van der Waals surface area contributed by atoms with Crippen LogP contribution in [-0.4, -0.2) is 40.4 Å². The summed E-state index contributed by atoms with van der Waals surface area (Å²) in [5.41, 5.74) is 0.650. The molecule has 0 aliphatic carbocycles. The summed E-state index contributed by atoms with van der Waals surface area (Å²) in [6.45, 7) is 4.51. The molecule has 0 amide bonds. The molecule has 7 heteroatoms. The summed E-state index contributed by atoms with van der Waals surface area (Å²) in [6, 6.07) is 0.374.